The van der Waals surface area contributed by atoms with E-state index in [4.69, 9.17) is 4.98 Å². The molecule has 1 atom stereocenters. The van der Waals surface area contributed by atoms with Crippen LogP contribution in [0.4, 0.5) is 5.69 Å². The minimum Gasteiger partial charge on any atom is -0.323 e. The topological polar surface area (TPSA) is 38.1 Å². The van der Waals surface area contributed by atoms with Crippen LogP contribution >= 0.6 is 0 Å². The molecule has 0 bridgehead atoms. The Labute approximate surface area is 176 Å². The Morgan fingerprint density at radius 3 is 2.60 bits per heavy atom. The average molecular weight is 396 g/mol. The molecule has 1 unspecified atom stereocenters. The number of carbonyl (C=O) groups is 1. The van der Waals surface area contributed by atoms with Gasteiger partial charge in [0.25, 0.3) is 0 Å². The first-order valence-corrected chi connectivity index (χ1v) is 10.5. The molecule has 0 N–H and O–H groups in total. The van der Waals surface area contributed by atoms with E-state index in [0.717, 1.165) is 34.7 Å². The molecule has 1 saturated heterocycles. The fourth-order valence-electron chi connectivity index (χ4n) is 4.46. The first-order valence-electron chi connectivity index (χ1n) is 10.5. The average Bonchev–Trinajstić information content (AvgIpc) is 3.30. The van der Waals surface area contributed by atoms with E-state index in [1.807, 2.05) is 23.1 Å². The molecule has 1 amide bonds. The van der Waals surface area contributed by atoms with Crippen molar-refractivity contribution in [2.45, 2.75) is 32.7 Å². The van der Waals surface area contributed by atoms with E-state index in [0.29, 0.717) is 13.0 Å². The van der Waals surface area contributed by atoms with Crippen molar-refractivity contribution in [1.82, 2.24) is 9.55 Å². The first-order chi connectivity index (χ1) is 14.6. The number of fused-ring (bicyclic) bond motifs is 1. The number of imidazole rings is 1. The van der Waals surface area contributed by atoms with Crippen molar-refractivity contribution in [3.05, 3.63) is 95.3 Å². The zero-order valence-electron chi connectivity index (χ0n) is 17.4. The quantitative estimate of drug-likeness (QED) is 0.475. The number of anilines is 1. The number of rotatable bonds is 4. The molecule has 30 heavy (non-hydrogen) atoms. The highest BCUT2D eigenvalue weighted by atomic mass is 16.2. The van der Waals surface area contributed by atoms with Crippen molar-refractivity contribution in [2.75, 3.05) is 11.4 Å². The summed E-state index contributed by atoms with van der Waals surface area (Å²) in [6.07, 6.45) is 0.491. The maximum atomic E-state index is 12.9. The molecule has 0 spiro atoms. The lowest BCUT2D eigenvalue weighted by Gasteiger charge is -2.18. The van der Waals surface area contributed by atoms with Crippen LogP contribution in [0, 0.1) is 13.8 Å². The molecule has 1 fully saturated rings. The second-order valence-corrected chi connectivity index (χ2v) is 8.22. The maximum Gasteiger partial charge on any atom is 0.227 e. The summed E-state index contributed by atoms with van der Waals surface area (Å²) in [5.41, 5.74) is 6.80. The van der Waals surface area contributed by atoms with E-state index in [1.165, 1.54) is 11.1 Å². The summed E-state index contributed by atoms with van der Waals surface area (Å²) in [7, 11) is 0. The predicted octanol–water partition coefficient (Wildman–Crippen LogP) is 5.22. The molecule has 4 aromatic rings. The van der Waals surface area contributed by atoms with Crippen molar-refractivity contribution in [1.29, 1.82) is 0 Å². The highest BCUT2D eigenvalue weighted by molar-refractivity contribution is 5.96. The van der Waals surface area contributed by atoms with Gasteiger partial charge in [-0.25, -0.2) is 4.98 Å². The molecule has 1 aliphatic heterocycles. The number of amides is 1. The summed E-state index contributed by atoms with van der Waals surface area (Å²) in [4.78, 5) is 19.8. The van der Waals surface area contributed by atoms with Gasteiger partial charge in [-0.15, -0.1) is 0 Å². The van der Waals surface area contributed by atoms with Crippen LogP contribution in [0.2, 0.25) is 0 Å². The van der Waals surface area contributed by atoms with Gasteiger partial charge >= 0.3 is 0 Å². The van der Waals surface area contributed by atoms with Gasteiger partial charge in [0.1, 0.15) is 5.82 Å². The first kappa shape index (κ1) is 18.6. The molecule has 4 heteroatoms. The Morgan fingerprint density at radius 2 is 1.77 bits per heavy atom. The number of benzene rings is 3. The lowest BCUT2D eigenvalue weighted by atomic mass is 10.1. The number of hydrogen-bond acceptors (Lipinski definition) is 2. The van der Waals surface area contributed by atoms with Crippen LogP contribution in [-0.2, 0) is 11.3 Å². The summed E-state index contributed by atoms with van der Waals surface area (Å²) < 4.78 is 2.30. The smallest absolute Gasteiger partial charge is 0.227 e. The molecule has 3 aromatic carbocycles. The molecule has 1 aliphatic rings. The summed E-state index contributed by atoms with van der Waals surface area (Å²) in [6.45, 7) is 5.63. The molecule has 0 saturated carbocycles. The molecule has 150 valence electrons. The molecular weight excluding hydrogens is 370 g/mol. The Balaban J connectivity index is 1.54. The van der Waals surface area contributed by atoms with Gasteiger partial charge in [-0.1, -0.05) is 48.5 Å². The zero-order valence-corrected chi connectivity index (χ0v) is 17.4. The molecule has 4 nitrogen and oxygen atoms in total. The van der Waals surface area contributed by atoms with E-state index in [2.05, 4.69) is 73.0 Å². The van der Waals surface area contributed by atoms with Gasteiger partial charge in [0, 0.05) is 31.1 Å². The van der Waals surface area contributed by atoms with Crippen LogP contribution in [0.3, 0.4) is 0 Å². The van der Waals surface area contributed by atoms with Crippen molar-refractivity contribution >= 4 is 22.6 Å². The van der Waals surface area contributed by atoms with Gasteiger partial charge in [-0.3, -0.25) is 4.79 Å². The van der Waals surface area contributed by atoms with Gasteiger partial charge < -0.3 is 9.47 Å². The van der Waals surface area contributed by atoms with Crippen LogP contribution in [0.25, 0.3) is 11.0 Å². The normalized spacial score (nSPS) is 16.5. The second-order valence-electron chi connectivity index (χ2n) is 8.22. The third-order valence-electron chi connectivity index (χ3n) is 6.08. The van der Waals surface area contributed by atoms with Gasteiger partial charge in [0.05, 0.1) is 11.0 Å². The molecule has 0 aliphatic carbocycles. The SMILES string of the molecule is Cc1cccc(N2CC(c3nc4ccccc4n3Cc3ccccc3C)CC2=O)c1. The molecule has 5 rings (SSSR count). The Morgan fingerprint density at radius 1 is 0.967 bits per heavy atom. The second kappa shape index (κ2) is 7.45. The van der Waals surface area contributed by atoms with Crippen LogP contribution in [-0.4, -0.2) is 22.0 Å². The summed E-state index contributed by atoms with van der Waals surface area (Å²) in [6, 6.07) is 24.9. The summed E-state index contributed by atoms with van der Waals surface area (Å²) in [5.74, 6) is 1.25. The molecule has 0 radical (unpaired) electrons. The number of aryl methyl sites for hydroxylation is 2. The van der Waals surface area contributed by atoms with Crippen LogP contribution in [0.5, 0.6) is 0 Å². The highest BCUT2D eigenvalue weighted by Crippen LogP contribution is 2.34. The summed E-state index contributed by atoms with van der Waals surface area (Å²) >= 11 is 0. The number of hydrogen-bond donors (Lipinski definition) is 0. The predicted molar refractivity (Wildman–Crippen MR) is 121 cm³/mol. The molecule has 1 aromatic heterocycles. The van der Waals surface area contributed by atoms with Gasteiger partial charge in [-0.2, -0.15) is 0 Å². The van der Waals surface area contributed by atoms with Gasteiger partial charge in [0.15, 0.2) is 0 Å². The lowest BCUT2D eigenvalue weighted by Crippen LogP contribution is -2.24. The third-order valence-corrected chi connectivity index (χ3v) is 6.08. The van der Waals surface area contributed by atoms with E-state index < -0.39 is 0 Å². The number of para-hydroxylation sites is 2. The van der Waals surface area contributed by atoms with Crippen LogP contribution in [0.1, 0.15) is 34.9 Å². The highest BCUT2D eigenvalue weighted by Gasteiger charge is 2.34. The summed E-state index contributed by atoms with van der Waals surface area (Å²) in [5, 5.41) is 0. The minimum absolute atomic E-state index is 0.0782. The Hall–Kier alpha value is -3.40. The minimum atomic E-state index is 0.0782. The number of carbonyl (C=O) groups excluding carboxylic acids is 1. The largest absolute Gasteiger partial charge is 0.323 e. The van der Waals surface area contributed by atoms with E-state index in [9.17, 15) is 4.79 Å². The van der Waals surface area contributed by atoms with Crippen molar-refractivity contribution in [3.63, 3.8) is 0 Å². The van der Waals surface area contributed by atoms with Gasteiger partial charge in [-0.05, 0) is 54.8 Å². The molecular formula is C26H25N3O. The lowest BCUT2D eigenvalue weighted by molar-refractivity contribution is -0.117. The van der Waals surface area contributed by atoms with E-state index >= 15 is 0 Å². The number of nitrogens with zero attached hydrogens (tertiary/aromatic N) is 3. The fraction of sp³-hybridized carbons (Fsp3) is 0.231. The van der Waals surface area contributed by atoms with Gasteiger partial charge in [0.2, 0.25) is 5.91 Å². The van der Waals surface area contributed by atoms with Crippen molar-refractivity contribution in [3.8, 4) is 0 Å². The van der Waals surface area contributed by atoms with E-state index in [1.54, 1.807) is 0 Å². The maximum absolute atomic E-state index is 12.9. The monoisotopic (exact) mass is 395 g/mol. The zero-order chi connectivity index (χ0) is 20.7. The van der Waals surface area contributed by atoms with Crippen LogP contribution in [0.15, 0.2) is 72.8 Å². The van der Waals surface area contributed by atoms with Crippen molar-refractivity contribution in [2.24, 2.45) is 0 Å². The van der Waals surface area contributed by atoms with Crippen LogP contribution < -0.4 is 4.90 Å². The van der Waals surface area contributed by atoms with Crippen molar-refractivity contribution < 1.29 is 4.79 Å². The standard InChI is InChI=1S/C26H25N3O/c1-18-8-7-11-22(14-18)28-17-21(15-25(28)30)26-27-23-12-5-6-13-24(23)29(26)16-20-10-4-3-9-19(20)2/h3-14,21H,15-17H2,1-2H3. The van der Waals surface area contributed by atoms with E-state index in [-0.39, 0.29) is 11.8 Å². The number of aromatic nitrogens is 2. The molecule has 2 heterocycles. The Bertz CT molecular complexity index is 1240. The third kappa shape index (κ3) is 3.28. The Kier molecular flexibility index (Phi) is 4.62. The fourth-order valence-corrected chi connectivity index (χ4v) is 4.46.